The average Bonchev–Trinajstić information content (AvgIpc) is 3.06. The number of rotatable bonds is 4. The quantitative estimate of drug-likeness (QED) is 0.680. The van der Waals surface area contributed by atoms with E-state index in [0.29, 0.717) is 29.3 Å². The minimum absolute atomic E-state index is 0.00129. The van der Waals surface area contributed by atoms with Crippen LogP contribution in [-0.2, 0) is 11.2 Å². The van der Waals surface area contributed by atoms with E-state index in [4.69, 9.17) is 16.3 Å². The Morgan fingerprint density at radius 3 is 2.58 bits per heavy atom. The lowest BCUT2D eigenvalue weighted by molar-refractivity contribution is -0.286. The van der Waals surface area contributed by atoms with E-state index in [9.17, 15) is 23.1 Å². The summed E-state index contributed by atoms with van der Waals surface area (Å²) in [5.74, 6) is -0.891. The summed E-state index contributed by atoms with van der Waals surface area (Å²) in [6.07, 6.45) is -2.49. The lowest BCUT2D eigenvalue weighted by Gasteiger charge is -2.39. The molecule has 0 aliphatic carbocycles. The molecule has 0 radical (unpaired) electrons. The number of hydrogen-bond acceptors (Lipinski definition) is 6. The molecule has 11 heteroatoms. The van der Waals surface area contributed by atoms with Crippen molar-refractivity contribution in [2.75, 3.05) is 29.9 Å². The molecule has 33 heavy (non-hydrogen) atoms. The molecule has 1 saturated heterocycles. The van der Waals surface area contributed by atoms with Gasteiger partial charge in [-0.25, -0.2) is 4.39 Å². The lowest BCUT2D eigenvalue weighted by Crippen LogP contribution is -2.48. The number of ether oxygens (including phenoxy) is 3. The van der Waals surface area contributed by atoms with Gasteiger partial charge in [-0.15, -0.1) is 8.78 Å². The summed E-state index contributed by atoms with van der Waals surface area (Å²) in [7, 11) is 0. The first-order chi connectivity index (χ1) is 15.6. The van der Waals surface area contributed by atoms with Gasteiger partial charge < -0.3 is 29.5 Å². The van der Waals surface area contributed by atoms with Gasteiger partial charge in [0.25, 0.3) is 0 Å². The van der Waals surface area contributed by atoms with Crippen molar-refractivity contribution in [3.05, 3.63) is 40.7 Å². The third-order valence-corrected chi connectivity index (χ3v) is 6.40. The van der Waals surface area contributed by atoms with Crippen LogP contribution >= 0.6 is 11.6 Å². The Bertz CT molecular complexity index is 1120. The summed E-state index contributed by atoms with van der Waals surface area (Å²) >= 11 is 6.18. The first-order valence-corrected chi connectivity index (χ1v) is 10.8. The molecule has 3 aliphatic rings. The molecular formula is C22H20ClF3N2O5. The van der Waals surface area contributed by atoms with Crippen LogP contribution in [0.2, 0.25) is 5.02 Å². The second kappa shape index (κ2) is 7.88. The molecule has 0 aromatic heterocycles. The number of halogens is 4. The van der Waals surface area contributed by atoms with Crippen molar-refractivity contribution in [2.24, 2.45) is 0 Å². The summed E-state index contributed by atoms with van der Waals surface area (Å²) in [4.78, 5) is 13.3. The Morgan fingerprint density at radius 1 is 1.15 bits per heavy atom. The molecule has 0 unspecified atom stereocenters. The second-order valence-corrected chi connectivity index (χ2v) is 8.77. The number of carbonyl (C=O) groups excluding carboxylic acids is 1. The van der Waals surface area contributed by atoms with E-state index in [1.54, 1.807) is 17.0 Å². The van der Waals surface area contributed by atoms with E-state index in [1.165, 1.54) is 6.07 Å². The zero-order valence-corrected chi connectivity index (χ0v) is 18.1. The molecule has 2 aromatic rings. The molecule has 0 saturated carbocycles. The predicted octanol–water partition coefficient (Wildman–Crippen LogP) is 4.10. The minimum atomic E-state index is -3.82. The second-order valence-electron chi connectivity index (χ2n) is 8.37. The molecule has 0 atom stereocenters. The van der Waals surface area contributed by atoms with E-state index >= 15 is 0 Å². The number of carbonyl (C=O) groups is 1. The highest BCUT2D eigenvalue weighted by Gasteiger charge is 2.44. The number of hydrogen-bond donors (Lipinski definition) is 2. The first-order valence-electron chi connectivity index (χ1n) is 10.4. The Balaban J connectivity index is 1.25. The predicted molar refractivity (Wildman–Crippen MR) is 113 cm³/mol. The third kappa shape index (κ3) is 4.24. The molecule has 176 valence electrons. The van der Waals surface area contributed by atoms with Crippen LogP contribution in [-0.4, -0.2) is 42.6 Å². The van der Waals surface area contributed by atoms with Crippen LogP contribution < -0.4 is 24.4 Å². The summed E-state index contributed by atoms with van der Waals surface area (Å²) in [6, 6.07) is 5.38. The van der Waals surface area contributed by atoms with Gasteiger partial charge in [-0.2, -0.15) is 0 Å². The fourth-order valence-corrected chi connectivity index (χ4v) is 4.51. The van der Waals surface area contributed by atoms with E-state index in [-0.39, 0.29) is 55.6 Å². The van der Waals surface area contributed by atoms with Crippen molar-refractivity contribution >= 4 is 28.9 Å². The monoisotopic (exact) mass is 484 g/mol. The lowest BCUT2D eigenvalue weighted by atomic mass is 9.92. The zero-order chi connectivity index (χ0) is 23.4. The minimum Gasteiger partial charge on any atom is -0.490 e. The number of aliphatic hydroxyl groups is 1. The van der Waals surface area contributed by atoms with Gasteiger partial charge >= 0.3 is 6.29 Å². The smallest absolute Gasteiger partial charge is 0.490 e. The maximum Gasteiger partial charge on any atom is 0.586 e. The summed E-state index contributed by atoms with van der Waals surface area (Å²) < 4.78 is 55.6. The maximum atomic E-state index is 14.5. The van der Waals surface area contributed by atoms with Crippen molar-refractivity contribution in [2.45, 2.75) is 37.6 Å². The SMILES string of the molecule is O=C1CCc2c(OCC3(O)CCN(c4cc5c(cc4F)OC(F)(F)O5)CC3)ccc(Cl)c2N1. The Labute approximate surface area is 192 Å². The van der Waals surface area contributed by atoms with Crippen LogP contribution in [0, 0.1) is 5.82 Å². The van der Waals surface area contributed by atoms with Crippen molar-refractivity contribution in [3.63, 3.8) is 0 Å². The van der Waals surface area contributed by atoms with Gasteiger partial charge in [0.05, 0.1) is 16.4 Å². The Morgan fingerprint density at radius 2 is 1.85 bits per heavy atom. The number of fused-ring (bicyclic) bond motifs is 2. The van der Waals surface area contributed by atoms with Gasteiger partial charge in [-0.1, -0.05) is 11.6 Å². The van der Waals surface area contributed by atoms with Gasteiger partial charge in [-0.3, -0.25) is 4.79 Å². The molecule has 2 aromatic carbocycles. The van der Waals surface area contributed by atoms with Gasteiger partial charge in [0.15, 0.2) is 11.5 Å². The summed E-state index contributed by atoms with van der Waals surface area (Å²) in [6.45, 7) is 0.557. The van der Waals surface area contributed by atoms with Crippen LogP contribution in [0.15, 0.2) is 24.3 Å². The normalized spacial score (nSPS) is 20.3. The highest BCUT2D eigenvalue weighted by atomic mass is 35.5. The summed E-state index contributed by atoms with van der Waals surface area (Å²) in [5, 5.41) is 14.2. The molecular weight excluding hydrogens is 465 g/mol. The van der Waals surface area contributed by atoms with Gasteiger partial charge in [0.1, 0.15) is 23.8 Å². The molecule has 7 nitrogen and oxygen atoms in total. The fraction of sp³-hybridized carbons (Fsp3) is 0.409. The van der Waals surface area contributed by atoms with E-state index in [2.05, 4.69) is 14.8 Å². The number of nitrogens with zero attached hydrogens (tertiary/aromatic N) is 1. The topological polar surface area (TPSA) is 80.3 Å². The summed E-state index contributed by atoms with van der Waals surface area (Å²) in [5.41, 5.74) is 0.236. The first kappa shape index (κ1) is 22.0. The van der Waals surface area contributed by atoms with E-state index < -0.39 is 17.7 Å². The molecule has 3 aliphatic heterocycles. The highest BCUT2D eigenvalue weighted by Crippen LogP contribution is 2.45. The van der Waals surface area contributed by atoms with Crippen LogP contribution in [0.4, 0.5) is 24.5 Å². The number of alkyl halides is 2. The molecule has 3 heterocycles. The number of nitrogens with one attached hydrogen (secondary N) is 1. The average molecular weight is 485 g/mol. The third-order valence-electron chi connectivity index (χ3n) is 6.09. The molecule has 2 N–H and O–H groups in total. The van der Waals surface area contributed by atoms with E-state index in [1.807, 2.05) is 0 Å². The molecule has 1 amide bonds. The van der Waals surface area contributed by atoms with Crippen molar-refractivity contribution < 1.29 is 37.3 Å². The van der Waals surface area contributed by atoms with Gasteiger partial charge in [-0.05, 0) is 31.4 Å². The zero-order valence-electron chi connectivity index (χ0n) is 17.3. The Hall–Kier alpha value is -2.85. The van der Waals surface area contributed by atoms with Crippen LogP contribution in [0.5, 0.6) is 17.2 Å². The Kier molecular flexibility index (Phi) is 5.24. The van der Waals surface area contributed by atoms with E-state index in [0.717, 1.165) is 11.6 Å². The number of benzene rings is 2. The number of anilines is 2. The van der Waals surface area contributed by atoms with Gasteiger partial charge in [0.2, 0.25) is 5.91 Å². The van der Waals surface area contributed by atoms with Crippen molar-refractivity contribution in [3.8, 4) is 17.2 Å². The number of amides is 1. The van der Waals surface area contributed by atoms with Crippen LogP contribution in [0.3, 0.4) is 0 Å². The van der Waals surface area contributed by atoms with Crippen LogP contribution in [0.1, 0.15) is 24.8 Å². The molecule has 5 rings (SSSR count). The number of piperidine rings is 1. The molecule has 0 spiro atoms. The fourth-order valence-electron chi connectivity index (χ4n) is 4.28. The van der Waals surface area contributed by atoms with Crippen LogP contribution in [0.25, 0.3) is 0 Å². The van der Waals surface area contributed by atoms with Crippen molar-refractivity contribution in [1.29, 1.82) is 0 Å². The largest absolute Gasteiger partial charge is 0.586 e. The van der Waals surface area contributed by atoms with Gasteiger partial charge in [0, 0.05) is 37.2 Å². The molecule has 0 bridgehead atoms. The van der Waals surface area contributed by atoms with Crippen molar-refractivity contribution in [1.82, 2.24) is 0 Å². The highest BCUT2D eigenvalue weighted by molar-refractivity contribution is 6.34. The standard InChI is InChI=1S/C22H20ClF3N2O5/c23-13-2-3-16(12-1-4-19(29)27-20(12)13)31-11-21(30)5-7-28(8-6-21)15-10-18-17(9-14(15)24)32-22(25,26)33-18/h2-3,9-10,30H,1,4-8,11H2,(H,27,29). The molecule has 1 fully saturated rings. The maximum absolute atomic E-state index is 14.5.